The molecule has 19 heavy (non-hydrogen) atoms. The first-order valence-corrected chi connectivity index (χ1v) is 7.20. The summed E-state index contributed by atoms with van der Waals surface area (Å²) in [5, 5.41) is 3.20. The molecule has 2 rings (SSSR count). The number of hydrogen-bond donors (Lipinski definition) is 1. The minimum absolute atomic E-state index is 0.106. The highest BCUT2D eigenvalue weighted by Crippen LogP contribution is 2.21. The topological polar surface area (TPSA) is 59.9 Å². The van der Waals surface area contributed by atoms with Crippen LogP contribution in [0, 0.1) is 3.57 Å². The number of benzene rings is 1. The molecular formula is C12H12ClIN4O. The van der Waals surface area contributed by atoms with Crippen molar-refractivity contribution < 1.29 is 4.74 Å². The van der Waals surface area contributed by atoms with Crippen LogP contribution in [0.2, 0.25) is 5.28 Å². The van der Waals surface area contributed by atoms with Crippen molar-refractivity contribution in [1.82, 2.24) is 15.0 Å². The number of rotatable bonds is 5. The molecule has 0 aliphatic rings. The predicted octanol–water partition coefficient (Wildman–Crippen LogP) is 3.66. The maximum atomic E-state index is 5.85. The zero-order valence-electron chi connectivity index (χ0n) is 10.2. The van der Waals surface area contributed by atoms with Crippen LogP contribution in [0.4, 0.5) is 11.6 Å². The third-order valence-electron chi connectivity index (χ3n) is 2.14. The monoisotopic (exact) mass is 390 g/mol. The molecule has 1 heterocycles. The lowest BCUT2D eigenvalue weighted by Gasteiger charge is -2.08. The Kier molecular flexibility index (Phi) is 5.15. The van der Waals surface area contributed by atoms with Gasteiger partial charge in [-0.15, -0.1) is 0 Å². The van der Waals surface area contributed by atoms with E-state index in [1.165, 1.54) is 0 Å². The normalized spacial score (nSPS) is 10.3. The number of halogens is 2. The van der Waals surface area contributed by atoms with Crippen LogP contribution in [0.3, 0.4) is 0 Å². The van der Waals surface area contributed by atoms with E-state index in [2.05, 4.69) is 42.9 Å². The number of ether oxygens (including phenoxy) is 1. The van der Waals surface area contributed by atoms with E-state index < -0.39 is 0 Å². The van der Waals surface area contributed by atoms with Gasteiger partial charge in [0.1, 0.15) is 0 Å². The third kappa shape index (κ3) is 4.17. The summed E-state index contributed by atoms with van der Waals surface area (Å²) in [6.45, 7) is 2.55. The lowest BCUT2D eigenvalue weighted by atomic mass is 10.3. The summed E-state index contributed by atoms with van der Waals surface area (Å²) in [7, 11) is 0. The molecule has 0 aliphatic heterocycles. The van der Waals surface area contributed by atoms with Crippen LogP contribution in [-0.2, 0) is 0 Å². The van der Waals surface area contributed by atoms with E-state index in [-0.39, 0.29) is 11.3 Å². The minimum Gasteiger partial charge on any atom is -0.463 e. The molecule has 0 unspecified atom stereocenters. The van der Waals surface area contributed by atoms with Gasteiger partial charge in [0, 0.05) is 3.57 Å². The largest absolute Gasteiger partial charge is 0.463 e. The lowest BCUT2D eigenvalue weighted by Crippen LogP contribution is -2.05. The van der Waals surface area contributed by atoms with Crippen molar-refractivity contribution in [3.8, 4) is 6.01 Å². The van der Waals surface area contributed by atoms with Gasteiger partial charge in [-0.3, -0.25) is 0 Å². The highest BCUT2D eigenvalue weighted by molar-refractivity contribution is 14.1. The minimum atomic E-state index is 0.106. The number of hydrogen-bond acceptors (Lipinski definition) is 5. The van der Waals surface area contributed by atoms with E-state index in [0.717, 1.165) is 15.7 Å². The standard InChI is InChI=1S/C12H12ClIN4O/c1-2-7-19-12-17-10(13)16-11(18-12)15-9-6-4-3-5-8(9)14/h3-6H,2,7H2,1H3,(H,15,16,17,18). The second-order valence-electron chi connectivity index (χ2n) is 3.66. The Morgan fingerprint density at radius 2 is 2.05 bits per heavy atom. The van der Waals surface area contributed by atoms with Crippen LogP contribution in [0.15, 0.2) is 24.3 Å². The molecule has 1 aromatic carbocycles. The number of aromatic nitrogens is 3. The molecule has 0 bridgehead atoms. The first kappa shape index (κ1) is 14.3. The summed E-state index contributed by atoms with van der Waals surface area (Å²) in [5.41, 5.74) is 0.909. The van der Waals surface area contributed by atoms with Crippen LogP contribution >= 0.6 is 34.2 Å². The smallest absolute Gasteiger partial charge is 0.322 e. The van der Waals surface area contributed by atoms with Crippen molar-refractivity contribution in [3.63, 3.8) is 0 Å². The summed E-state index contributed by atoms with van der Waals surface area (Å²) in [4.78, 5) is 12.1. The molecule has 7 heteroatoms. The van der Waals surface area contributed by atoms with Gasteiger partial charge in [0.25, 0.3) is 0 Å². The van der Waals surface area contributed by atoms with Crippen molar-refractivity contribution in [2.45, 2.75) is 13.3 Å². The van der Waals surface area contributed by atoms with E-state index in [0.29, 0.717) is 12.6 Å². The highest BCUT2D eigenvalue weighted by atomic mass is 127. The molecule has 100 valence electrons. The van der Waals surface area contributed by atoms with Gasteiger partial charge in [0.05, 0.1) is 12.3 Å². The molecule has 0 aliphatic carbocycles. The summed E-state index contributed by atoms with van der Waals surface area (Å²) in [6, 6.07) is 8.05. The average molecular weight is 391 g/mol. The van der Waals surface area contributed by atoms with Crippen LogP contribution < -0.4 is 10.1 Å². The second kappa shape index (κ2) is 6.85. The Bertz CT molecular complexity index is 567. The van der Waals surface area contributed by atoms with Crippen molar-refractivity contribution >= 4 is 45.8 Å². The Hall–Kier alpha value is -1.15. The van der Waals surface area contributed by atoms with Gasteiger partial charge in [0.2, 0.25) is 11.2 Å². The Labute approximate surface area is 129 Å². The molecule has 1 N–H and O–H groups in total. The molecule has 0 spiro atoms. The Morgan fingerprint density at radius 1 is 1.26 bits per heavy atom. The first-order valence-electron chi connectivity index (χ1n) is 5.75. The van der Waals surface area contributed by atoms with Gasteiger partial charge in [0.15, 0.2) is 0 Å². The molecule has 0 atom stereocenters. The van der Waals surface area contributed by atoms with Crippen molar-refractivity contribution in [2.75, 3.05) is 11.9 Å². The fourth-order valence-electron chi connectivity index (χ4n) is 1.33. The SMILES string of the molecule is CCCOc1nc(Cl)nc(Nc2ccccc2I)n1. The highest BCUT2D eigenvalue weighted by Gasteiger charge is 2.07. The summed E-state index contributed by atoms with van der Waals surface area (Å²) in [5.74, 6) is 0.371. The van der Waals surface area contributed by atoms with E-state index >= 15 is 0 Å². The summed E-state index contributed by atoms with van der Waals surface area (Å²) >= 11 is 8.08. The fourth-order valence-corrected chi connectivity index (χ4v) is 2.00. The van der Waals surface area contributed by atoms with Gasteiger partial charge in [-0.2, -0.15) is 15.0 Å². The van der Waals surface area contributed by atoms with Crippen molar-refractivity contribution in [2.24, 2.45) is 0 Å². The molecule has 1 aromatic heterocycles. The third-order valence-corrected chi connectivity index (χ3v) is 3.25. The van der Waals surface area contributed by atoms with E-state index in [1.807, 2.05) is 31.2 Å². The van der Waals surface area contributed by atoms with Crippen LogP contribution in [0.1, 0.15) is 13.3 Å². The Morgan fingerprint density at radius 3 is 2.79 bits per heavy atom. The first-order chi connectivity index (χ1) is 9.19. The van der Waals surface area contributed by atoms with Gasteiger partial charge in [-0.05, 0) is 52.7 Å². The van der Waals surface area contributed by atoms with E-state index in [9.17, 15) is 0 Å². The molecule has 0 saturated carbocycles. The quantitative estimate of drug-likeness (QED) is 0.790. The van der Waals surface area contributed by atoms with Gasteiger partial charge in [-0.1, -0.05) is 19.1 Å². The van der Waals surface area contributed by atoms with Crippen molar-refractivity contribution in [1.29, 1.82) is 0 Å². The zero-order valence-corrected chi connectivity index (χ0v) is 13.1. The Balaban J connectivity index is 2.20. The predicted molar refractivity (Wildman–Crippen MR) is 83.1 cm³/mol. The number of nitrogens with one attached hydrogen (secondary N) is 1. The fraction of sp³-hybridized carbons (Fsp3) is 0.250. The van der Waals surface area contributed by atoms with E-state index in [4.69, 9.17) is 16.3 Å². The zero-order chi connectivity index (χ0) is 13.7. The number of nitrogens with zero attached hydrogens (tertiary/aromatic N) is 3. The van der Waals surface area contributed by atoms with Crippen molar-refractivity contribution in [3.05, 3.63) is 33.1 Å². The molecule has 0 saturated heterocycles. The molecule has 5 nitrogen and oxygen atoms in total. The van der Waals surface area contributed by atoms with E-state index in [1.54, 1.807) is 0 Å². The molecule has 0 amide bonds. The average Bonchev–Trinajstić information content (AvgIpc) is 2.38. The molecular weight excluding hydrogens is 379 g/mol. The molecule has 2 aromatic rings. The second-order valence-corrected chi connectivity index (χ2v) is 5.16. The molecule has 0 radical (unpaired) electrons. The lowest BCUT2D eigenvalue weighted by molar-refractivity contribution is 0.292. The number of anilines is 2. The summed E-state index contributed by atoms with van der Waals surface area (Å²) in [6.07, 6.45) is 0.878. The molecule has 0 fully saturated rings. The van der Waals surface area contributed by atoms with Gasteiger partial charge in [-0.25, -0.2) is 0 Å². The van der Waals surface area contributed by atoms with Crippen LogP contribution in [0.25, 0.3) is 0 Å². The maximum Gasteiger partial charge on any atom is 0.322 e. The summed E-state index contributed by atoms with van der Waals surface area (Å²) < 4.78 is 6.42. The maximum absolute atomic E-state index is 5.85. The van der Waals surface area contributed by atoms with Gasteiger partial charge >= 0.3 is 6.01 Å². The van der Waals surface area contributed by atoms with Crippen LogP contribution in [0.5, 0.6) is 6.01 Å². The van der Waals surface area contributed by atoms with Gasteiger partial charge < -0.3 is 10.1 Å². The van der Waals surface area contributed by atoms with Crippen LogP contribution in [-0.4, -0.2) is 21.6 Å². The number of para-hydroxylation sites is 1.